The molecule has 2 aromatic rings. The van der Waals surface area contributed by atoms with Gasteiger partial charge in [0.25, 0.3) is 0 Å². The normalized spacial score (nSPS) is 10.3. The topological polar surface area (TPSA) is 105 Å². The Morgan fingerprint density at radius 2 is 1.20 bits per heavy atom. The summed E-state index contributed by atoms with van der Waals surface area (Å²) in [6.45, 7) is 3.92. The molecule has 2 rings (SSSR count). The standard InChI is InChI=1S/C17H18N2O6/c1-12-4-6-16(14(10-12)18(20)21)24-8-3-9-25-17-7-5-13(2)11-15(17)19(22)23/h4-7,10-11H,3,8-9H2,1-2H3. The molecule has 0 N–H and O–H groups in total. The molecule has 0 spiro atoms. The van der Waals surface area contributed by atoms with Crippen LogP contribution in [0.1, 0.15) is 17.5 Å². The van der Waals surface area contributed by atoms with Crippen LogP contribution in [0.2, 0.25) is 0 Å². The van der Waals surface area contributed by atoms with Crippen LogP contribution in [0.15, 0.2) is 36.4 Å². The van der Waals surface area contributed by atoms with Crippen LogP contribution in [0.25, 0.3) is 0 Å². The minimum atomic E-state index is -0.492. The smallest absolute Gasteiger partial charge is 0.311 e. The van der Waals surface area contributed by atoms with E-state index in [0.29, 0.717) is 6.42 Å². The number of benzene rings is 2. The van der Waals surface area contributed by atoms with E-state index in [0.717, 1.165) is 11.1 Å². The first-order valence-corrected chi connectivity index (χ1v) is 7.64. The summed E-state index contributed by atoms with van der Waals surface area (Å²) in [5.74, 6) is 0.383. The van der Waals surface area contributed by atoms with E-state index < -0.39 is 9.85 Å². The molecule has 0 heterocycles. The lowest BCUT2D eigenvalue weighted by Crippen LogP contribution is -2.07. The zero-order valence-corrected chi connectivity index (χ0v) is 13.9. The number of aryl methyl sites for hydroxylation is 2. The number of nitro groups is 2. The van der Waals surface area contributed by atoms with Crippen LogP contribution < -0.4 is 9.47 Å². The minimum Gasteiger partial charge on any atom is -0.487 e. The predicted octanol–water partition coefficient (Wildman–Crippen LogP) is 3.97. The van der Waals surface area contributed by atoms with Crippen LogP contribution >= 0.6 is 0 Å². The van der Waals surface area contributed by atoms with Gasteiger partial charge < -0.3 is 9.47 Å². The second-order valence-electron chi connectivity index (χ2n) is 5.51. The Kier molecular flexibility index (Phi) is 5.89. The van der Waals surface area contributed by atoms with Crippen LogP contribution in [0.5, 0.6) is 11.5 Å². The van der Waals surface area contributed by atoms with Gasteiger partial charge in [0, 0.05) is 18.6 Å². The van der Waals surface area contributed by atoms with Gasteiger partial charge in [-0.2, -0.15) is 0 Å². The van der Waals surface area contributed by atoms with Gasteiger partial charge in [-0.25, -0.2) is 0 Å². The molecule has 0 fully saturated rings. The van der Waals surface area contributed by atoms with Crippen LogP contribution in [-0.4, -0.2) is 23.1 Å². The van der Waals surface area contributed by atoms with Crippen molar-refractivity contribution in [2.75, 3.05) is 13.2 Å². The fraction of sp³-hybridized carbons (Fsp3) is 0.294. The zero-order chi connectivity index (χ0) is 18.4. The summed E-state index contributed by atoms with van der Waals surface area (Å²) >= 11 is 0. The van der Waals surface area contributed by atoms with Crippen molar-refractivity contribution in [2.45, 2.75) is 20.3 Å². The molecule has 0 aromatic heterocycles. The fourth-order valence-electron chi connectivity index (χ4n) is 2.21. The van der Waals surface area contributed by atoms with E-state index in [1.807, 2.05) is 0 Å². The van der Waals surface area contributed by atoms with Crippen LogP contribution in [0, 0.1) is 34.1 Å². The molecule has 0 aliphatic rings. The Bertz CT molecular complexity index is 725. The first kappa shape index (κ1) is 18.2. The van der Waals surface area contributed by atoms with Gasteiger partial charge in [-0.1, -0.05) is 12.1 Å². The van der Waals surface area contributed by atoms with Gasteiger partial charge in [0.05, 0.1) is 23.1 Å². The number of hydrogen-bond acceptors (Lipinski definition) is 6. The summed E-state index contributed by atoms with van der Waals surface area (Å²) in [6.07, 6.45) is 0.427. The van der Waals surface area contributed by atoms with Crippen LogP contribution in [0.4, 0.5) is 11.4 Å². The fourth-order valence-corrected chi connectivity index (χ4v) is 2.21. The van der Waals surface area contributed by atoms with E-state index in [1.54, 1.807) is 38.1 Å². The van der Waals surface area contributed by atoms with Gasteiger partial charge in [-0.05, 0) is 37.1 Å². The molecule has 0 radical (unpaired) electrons. The number of nitro benzene ring substituents is 2. The second kappa shape index (κ2) is 8.09. The highest BCUT2D eigenvalue weighted by Crippen LogP contribution is 2.29. The molecule has 0 saturated heterocycles. The molecule has 0 bridgehead atoms. The van der Waals surface area contributed by atoms with Gasteiger partial charge >= 0.3 is 11.4 Å². The lowest BCUT2D eigenvalue weighted by atomic mass is 10.2. The third-order valence-corrected chi connectivity index (χ3v) is 3.43. The summed E-state index contributed by atoms with van der Waals surface area (Å²) in [4.78, 5) is 21.0. The summed E-state index contributed by atoms with van der Waals surface area (Å²) in [5, 5.41) is 22.0. The Labute approximate surface area is 144 Å². The first-order chi connectivity index (χ1) is 11.9. The maximum Gasteiger partial charge on any atom is 0.311 e. The van der Waals surface area contributed by atoms with Crippen molar-refractivity contribution in [3.63, 3.8) is 0 Å². The first-order valence-electron chi connectivity index (χ1n) is 7.64. The van der Waals surface area contributed by atoms with Gasteiger partial charge in [-0.3, -0.25) is 20.2 Å². The average Bonchev–Trinajstić information content (AvgIpc) is 2.56. The van der Waals surface area contributed by atoms with E-state index in [-0.39, 0.29) is 36.1 Å². The highest BCUT2D eigenvalue weighted by Gasteiger charge is 2.16. The molecular formula is C17H18N2O6. The molecular weight excluding hydrogens is 328 g/mol. The van der Waals surface area contributed by atoms with E-state index in [4.69, 9.17) is 9.47 Å². The Hall–Kier alpha value is -3.16. The van der Waals surface area contributed by atoms with Gasteiger partial charge in [0.15, 0.2) is 11.5 Å². The van der Waals surface area contributed by atoms with E-state index in [2.05, 4.69) is 0 Å². The molecule has 0 unspecified atom stereocenters. The van der Waals surface area contributed by atoms with Crippen molar-refractivity contribution in [3.05, 3.63) is 67.8 Å². The molecule has 2 aromatic carbocycles. The molecule has 0 aliphatic heterocycles. The van der Waals surface area contributed by atoms with Crippen LogP contribution in [-0.2, 0) is 0 Å². The highest BCUT2D eigenvalue weighted by atomic mass is 16.6. The van der Waals surface area contributed by atoms with Gasteiger partial charge in [0.1, 0.15) is 0 Å². The van der Waals surface area contributed by atoms with E-state index >= 15 is 0 Å². The number of nitrogens with zero attached hydrogens (tertiary/aromatic N) is 2. The third kappa shape index (κ3) is 4.90. The van der Waals surface area contributed by atoms with Crippen LogP contribution in [0.3, 0.4) is 0 Å². The molecule has 132 valence electrons. The lowest BCUT2D eigenvalue weighted by molar-refractivity contribution is -0.385. The van der Waals surface area contributed by atoms with Crippen molar-refractivity contribution in [1.29, 1.82) is 0 Å². The lowest BCUT2D eigenvalue weighted by Gasteiger charge is -2.09. The van der Waals surface area contributed by atoms with E-state index in [9.17, 15) is 20.2 Å². The average molecular weight is 346 g/mol. The van der Waals surface area contributed by atoms with Crippen molar-refractivity contribution in [1.82, 2.24) is 0 Å². The molecule has 8 nitrogen and oxygen atoms in total. The molecule has 0 aliphatic carbocycles. The molecule has 25 heavy (non-hydrogen) atoms. The highest BCUT2D eigenvalue weighted by molar-refractivity contribution is 5.49. The Balaban J connectivity index is 1.89. The largest absolute Gasteiger partial charge is 0.487 e. The van der Waals surface area contributed by atoms with Gasteiger partial charge in [-0.15, -0.1) is 0 Å². The maximum atomic E-state index is 11.0. The SMILES string of the molecule is Cc1ccc(OCCCOc2ccc(C)cc2[N+](=O)[O-])c([N+](=O)[O-])c1. The zero-order valence-electron chi connectivity index (χ0n) is 13.9. The van der Waals surface area contributed by atoms with Crippen molar-refractivity contribution < 1.29 is 19.3 Å². The second-order valence-corrected chi connectivity index (χ2v) is 5.51. The third-order valence-electron chi connectivity index (χ3n) is 3.43. The van der Waals surface area contributed by atoms with E-state index in [1.165, 1.54) is 12.1 Å². The summed E-state index contributed by atoms with van der Waals surface area (Å²) in [7, 11) is 0. The van der Waals surface area contributed by atoms with Crippen molar-refractivity contribution >= 4 is 11.4 Å². The Morgan fingerprint density at radius 3 is 1.56 bits per heavy atom. The molecule has 0 amide bonds. The number of hydrogen-bond donors (Lipinski definition) is 0. The maximum absolute atomic E-state index is 11.0. The summed E-state index contributed by atoms with van der Waals surface area (Å²) in [6, 6.07) is 9.46. The molecule has 8 heteroatoms. The van der Waals surface area contributed by atoms with Gasteiger partial charge in [0.2, 0.25) is 0 Å². The van der Waals surface area contributed by atoms with Crippen molar-refractivity contribution in [2.24, 2.45) is 0 Å². The molecule has 0 saturated carbocycles. The minimum absolute atomic E-state index is 0.0879. The monoisotopic (exact) mass is 346 g/mol. The number of ether oxygens (including phenoxy) is 2. The quantitative estimate of drug-likeness (QED) is 0.407. The Morgan fingerprint density at radius 1 is 0.800 bits per heavy atom. The number of rotatable bonds is 8. The summed E-state index contributed by atoms with van der Waals surface area (Å²) < 4.78 is 10.9. The summed E-state index contributed by atoms with van der Waals surface area (Å²) in [5.41, 5.74) is 1.37. The predicted molar refractivity (Wildman–Crippen MR) is 91.3 cm³/mol. The van der Waals surface area contributed by atoms with Crippen molar-refractivity contribution in [3.8, 4) is 11.5 Å². The molecule has 0 atom stereocenters.